The number of carbonyl (C=O) groups is 5. The second-order valence-corrected chi connectivity index (χ2v) is 17.7. The Morgan fingerprint density at radius 3 is 2.03 bits per heavy atom. The molecule has 0 fully saturated rings. The molecule has 14 nitrogen and oxygen atoms in total. The molecule has 0 spiro atoms. The largest absolute Gasteiger partial charge is 0.460 e. The summed E-state index contributed by atoms with van der Waals surface area (Å²) in [6.07, 6.45) is 0.603. The van der Waals surface area contributed by atoms with Gasteiger partial charge in [0.15, 0.2) is 0 Å². The number of halogens is 2. The lowest BCUT2D eigenvalue weighted by atomic mass is 9.82. The second-order valence-electron chi connectivity index (χ2n) is 17.7. The molecule has 3 unspecified atom stereocenters. The maximum absolute atomic E-state index is 15.1. The Bertz CT molecular complexity index is 1930. The van der Waals surface area contributed by atoms with Crippen LogP contribution in [-0.4, -0.2) is 93.9 Å². The Kier molecular flexibility index (Phi) is 17.4. The van der Waals surface area contributed by atoms with Crippen LogP contribution in [0.3, 0.4) is 0 Å². The molecule has 0 radical (unpaired) electrons. The molecule has 2 aromatic carbocycles. The van der Waals surface area contributed by atoms with Gasteiger partial charge in [-0.15, -0.1) is 0 Å². The van der Waals surface area contributed by atoms with Crippen LogP contribution in [0.2, 0.25) is 0 Å². The van der Waals surface area contributed by atoms with Crippen LogP contribution in [0.15, 0.2) is 60.8 Å². The molecule has 3 atom stereocenters. The van der Waals surface area contributed by atoms with E-state index in [0.29, 0.717) is 17.8 Å². The molecule has 0 saturated carbocycles. The number of amides is 4. The lowest BCUT2D eigenvalue weighted by Crippen LogP contribution is -2.50. The lowest BCUT2D eigenvalue weighted by Gasteiger charge is -2.41. The molecule has 0 aliphatic carbocycles. The fourth-order valence-electron chi connectivity index (χ4n) is 6.51. The third kappa shape index (κ3) is 15.7. The first-order valence-corrected chi connectivity index (χ1v) is 20.0. The van der Waals surface area contributed by atoms with Crippen LogP contribution in [0.25, 0.3) is 11.1 Å². The van der Waals surface area contributed by atoms with Crippen molar-refractivity contribution in [2.45, 2.75) is 117 Å². The molecule has 16 heteroatoms. The normalized spacial score (nSPS) is 13.4. The van der Waals surface area contributed by atoms with Crippen LogP contribution >= 0.6 is 0 Å². The summed E-state index contributed by atoms with van der Waals surface area (Å²) < 4.78 is 41.9. The highest BCUT2D eigenvalue weighted by Crippen LogP contribution is 2.41. The van der Waals surface area contributed by atoms with Crippen molar-refractivity contribution in [2.75, 3.05) is 26.2 Å². The molecule has 0 aliphatic heterocycles. The number of carbonyl (C=O) groups excluding carboxylic acids is 5. The van der Waals surface area contributed by atoms with Gasteiger partial charge in [0.2, 0.25) is 17.7 Å². The smallest absolute Gasteiger partial charge is 0.408 e. The van der Waals surface area contributed by atoms with E-state index in [9.17, 15) is 33.5 Å². The van der Waals surface area contributed by atoms with Gasteiger partial charge in [-0.05, 0) is 89.6 Å². The molecule has 3 aromatic rings. The van der Waals surface area contributed by atoms with E-state index in [1.54, 1.807) is 53.8 Å². The Balaban J connectivity index is 1.75. The molecule has 0 saturated heterocycles. The Morgan fingerprint density at radius 2 is 1.45 bits per heavy atom. The zero-order chi connectivity index (χ0) is 45.0. The average Bonchev–Trinajstić information content (AvgIpc) is 3.54. The Morgan fingerprint density at radius 1 is 0.833 bits per heavy atom. The van der Waals surface area contributed by atoms with Gasteiger partial charge in [0.05, 0.1) is 12.1 Å². The SMILES string of the molecule is CC(C)(C)OC(=O)CCC(NC(=O)OC(C)(C)C)C(=O)NCCNC(=O)C(N)CCN(C(=O)CO)C(c1cc(-c2cc(F)ccc2F)cn1Cc1ccccc1)C(C)(C)C. The number of aliphatic hydroxyl groups excluding tert-OH is 1. The monoisotopic (exact) mass is 840 g/mol. The van der Waals surface area contributed by atoms with Gasteiger partial charge in [-0.3, -0.25) is 19.2 Å². The minimum Gasteiger partial charge on any atom is -0.460 e. The minimum atomic E-state index is -1.14. The summed E-state index contributed by atoms with van der Waals surface area (Å²) in [5, 5.41) is 17.9. The van der Waals surface area contributed by atoms with Gasteiger partial charge in [0.25, 0.3) is 0 Å². The van der Waals surface area contributed by atoms with Crippen molar-refractivity contribution < 1.29 is 47.3 Å². The molecule has 330 valence electrons. The summed E-state index contributed by atoms with van der Waals surface area (Å²) in [4.78, 5) is 66.1. The molecule has 1 heterocycles. The van der Waals surface area contributed by atoms with Gasteiger partial charge in [-0.25, -0.2) is 13.6 Å². The van der Waals surface area contributed by atoms with Crippen LogP contribution in [-0.2, 0) is 35.2 Å². The number of nitrogens with one attached hydrogen (secondary N) is 3. The summed E-state index contributed by atoms with van der Waals surface area (Å²) >= 11 is 0. The molecule has 0 bridgehead atoms. The summed E-state index contributed by atoms with van der Waals surface area (Å²) in [6, 6.07) is 11.4. The molecule has 60 heavy (non-hydrogen) atoms. The van der Waals surface area contributed by atoms with Crippen molar-refractivity contribution in [3.05, 3.63) is 83.7 Å². The first-order valence-electron chi connectivity index (χ1n) is 20.0. The average molecular weight is 841 g/mol. The Labute approximate surface area is 351 Å². The van der Waals surface area contributed by atoms with Gasteiger partial charge in [-0.2, -0.15) is 0 Å². The molecular weight excluding hydrogens is 779 g/mol. The molecule has 6 N–H and O–H groups in total. The maximum Gasteiger partial charge on any atom is 0.408 e. The number of ether oxygens (including phenoxy) is 2. The molecule has 4 amide bonds. The highest BCUT2D eigenvalue weighted by Gasteiger charge is 2.37. The third-order valence-electron chi connectivity index (χ3n) is 9.04. The predicted molar refractivity (Wildman–Crippen MR) is 223 cm³/mol. The van der Waals surface area contributed by atoms with E-state index in [4.69, 9.17) is 15.2 Å². The van der Waals surface area contributed by atoms with Gasteiger partial charge >= 0.3 is 12.1 Å². The van der Waals surface area contributed by atoms with Crippen LogP contribution in [0.1, 0.15) is 98.9 Å². The van der Waals surface area contributed by atoms with Crippen molar-refractivity contribution in [3.8, 4) is 11.1 Å². The maximum atomic E-state index is 15.1. The van der Waals surface area contributed by atoms with Crippen molar-refractivity contribution in [3.63, 3.8) is 0 Å². The van der Waals surface area contributed by atoms with Crippen LogP contribution in [0.5, 0.6) is 0 Å². The summed E-state index contributed by atoms with van der Waals surface area (Å²) in [7, 11) is 0. The van der Waals surface area contributed by atoms with E-state index in [2.05, 4.69) is 16.0 Å². The van der Waals surface area contributed by atoms with Crippen molar-refractivity contribution in [2.24, 2.45) is 11.1 Å². The van der Waals surface area contributed by atoms with Gasteiger partial charge in [0, 0.05) is 55.6 Å². The number of hydrogen-bond acceptors (Lipinski definition) is 9. The second kappa shape index (κ2) is 21.3. The number of aromatic nitrogens is 1. The minimum absolute atomic E-state index is 0.0200. The first kappa shape index (κ1) is 49.0. The highest BCUT2D eigenvalue weighted by molar-refractivity contribution is 5.86. The van der Waals surface area contributed by atoms with E-state index in [0.717, 1.165) is 23.8 Å². The fourth-order valence-corrected chi connectivity index (χ4v) is 6.51. The van der Waals surface area contributed by atoms with Crippen molar-refractivity contribution >= 4 is 29.8 Å². The third-order valence-corrected chi connectivity index (χ3v) is 9.04. The predicted octanol–water partition coefficient (Wildman–Crippen LogP) is 5.35. The van der Waals surface area contributed by atoms with Gasteiger partial charge in [-0.1, -0.05) is 51.1 Å². The number of aliphatic hydroxyl groups is 1. The molecular formula is C44H62F2N6O8. The van der Waals surface area contributed by atoms with E-state index >= 15 is 4.39 Å². The molecule has 1 aromatic heterocycles. The van der Waals surface area contributed by atoms with E-state index < -0.39 is 82.8 Å². The standard InChI is InChI=1S/C44H62F2N6O8/c1-42(2,3)38(35-23-29(31-24-30(45)15-16-32(31)46)26-51(35)25-28-13-11-10-12-14-28)52(36(54)27-53)22-19-33(47)39(56)48-20-21-49-40(57)34(50-41(58)60-44(7,8)9)17-18-37(55)59-43(4,5)6/h10-16,23-24,26,33-34,38,53H,17-22,25,27,47H2,1-9H3,(H,48,56)(H,49,57)(H,50,58). The van der Waals surface area contributed by atoms with Gasteiger partial charge < -0.3 is 45.7 Å². The Hall–Kier alpha value is -5.35. The van der Waals surface area contributed by atoms with E-state index in [1.807, 2.05) is 55.7 Å². The first-order chi connectivity index (χ1) is 27.9. The molecule has 0 aliphatic rings. The lowest BCUT2D eigenvalue weighted by molar-refractivity contribution is -0.155. The number of nitrogens with two attached hydrogens (primary N) is 1. The van der Waals surface area contributed by atoms with Crippen LogP contribution in [0.4, 0.5) is 13.6 Å². The number of rotatable bonds is 18. The molecule has 3 rings (SSSR count). The number of benzene rings is 2. The fraction of sp³-hybridized carbons (Fsp3) is 0.523. The number of nitrogens with zero attached hydrogens (tertiary/aromatic N) is 2. The van der Waals surface area contributed by atoms with E-state index in [-0.39, 0.29) is 44.5 Å². The number of hydrogen-bond donors (Lipinski definition) is 5. The van der Waals surface area contributed by atoms with Crippen molar-refractivity contribution in [1.82, 2.24) is 25.4 Å². The summed E-state index contributed by atoms with van der Waals surface area (Å²) in [6.45, 7) is 15.2. The van der Waals surface area contributed by atoms with Crippen LogP contribution in [0, 0.1) is 17.0 Å². The zero-order valence-corrected chi connectivity index (χ0v) is 36.2. The van der Waals surface area contributed by atoms with Gasteiger partial charge in [0.1, 0.15) is 35.5 Å². The van der Waals surface area contributed by atoms with Crippen molar-refractivity contribution in [1.29, 1.82) is 0 Å². The van der Waals surface area contributed by atoms with Crippen LogP contribution < -0.4 is 21.7 Å². The number of alkyl carbamates (subject to hydrolysis) is 1. The van der Waals surface area contributed by atoms with E-state index in [1.165, 1.54) is 4.90 Å². The topological polar surface area (TPSA) is 194 Å². The summed E-state index contributed by atoms with van der Waals surface area (Å²) in [5.74, 6) is -3.60. The summed E-state index contributed by atoms with van der Waals surface area (Å²) in [5.41, 5.74) is 6.01. The quantitative estimate of drug-likeness (QED) is 0.0829. The highest BCUT2D eigenvalue weighted by atomic mass is 19.1. The number of esters is 1. The zero-order valence-electron chi connectivity index (χ0n) is 36.2.